The van der Waals surface area contributed by atoms with Crippen LogP contribution in [-0.2, 0) is 11.2 Å². The Kier molecular flexibility index (Phi) is 8.58. The van der Waals surface area contributed by atoms with Crippen molar-refractivity contribution >= 4 is 11.8 Å². The molecule has 0 spiro atoms. The van der Waals surface area contributed by atoms with E-state index >= 15 is 0 Å². The molecule has 1 atom stereocenters. The normalized spacial score (nSPS) is 11.6. The Labute approximate surface area is 169 Å². The minimum absolute atomic E-state index is 0.0931. The Hall–Kier alpha value is -2.96. The van der Waals surface area contributed by atoms with Crippen LogP contribution in [-0.4, -0.2) is 31.5 Å². The first kappa shape index (κ1) is 22.3. The SMILES string of the molecule is COc1ccc(C(=O)NCCCC(=O)NC(C)CCc2ccc(F)c(F)c2)cc1. The van der Waals surface area contributed by atoms with E-state index in [-0.39, 0.29) is 17.9 Å². The second-order valence-electron chi connectivity index (χ2n) is 6.84. The summed E-state index contributed by atoms with van der Waals surface area (Å²) in [6, 6.07) is 10.5. The molecule has 2 aromatic carbocycles. The highest BCUT2D eigenvalue weighted by molar-refractivity contribution is 5.94. The molecule has 0 aliphatic carbocycles. The summed E-state index contributed by atoms with van der Waals surface area (Å²) in [5, 5.41) is 5.65. The summed E-state index contributed by atoms with van der Waals surface area (Å²) in [6.45, 7) is 2.25. The van der Waals surface area contributed by atoms with Gasteiger partial charge in [0.1, 0.15) is 5.75 Å². The zero-order valence-corrected chi connectivity index (χ0v) is 16.6. The van der Waals surface area contributed by atoms with Gasteiger partial charge in [-0.3, -0.25) is 9.59 Å². The molecular weight excluding hydrogens is 378 g/mol. The zero-order chi connectivity index (χ0) is 21.2. The molecule has 2 aromatic rings. The largest absolute Gasteiger partial charge is 0.497 e. The van der Waals surface area contributed by atoms with Crippen LogP contribution in [0.5, 0.6) is 5.75 Å². The van der Waals surface area contributed by atoms with Crippen LogP contribution in [0.25, 0.3) is 0 Å². The molecule has 2 rings (SSSR count). The van der Waals surface area contributed by atoms with Gasteiger partial charge < -0.3 is 15.4 Å². The number of carbonyl (C=O) groups excluding carboxylic acids is 2. The standard InChI is InChI=1S/C22H26F2N2O3/c1-15(5-6-16-7-12-19(23)20(24)14-16)26-21(27)4-3-13-25-22(28)17-8-10-18(29-2)11-9-17/h7-12,14-15H,3-6,13H2,1-2H3,(H,25,28)(H,26,27). The van der Waals surface area contributed by atoms with Crippen molar-refractivity contribution in [1.29, 1.82) is 0 Å². The van der Waals surface area contributed by atoms with Crippen LogP contribution in [0.3, 0.4) is 0 Å². The third-order valence-electron chi connectivity index (χ3n) is 4.48. The summed E-state index contributed by atoms with van der Waals surface area (Å²) in [6.07, 6.45) is 1.96. The van der Waals surface area contributed by atoms with Crippen molar-refractivity contribution in [3.05, 3.63) is 65.2 Å². The number of benzene rings is 2. The van der Waals surface area contributed by atoms with Crippen molar-refractivity contribution < 1.29 is 23.1 Å². The van der Waals surface area contributed by atoms with Crippen LogP contribution in [0.2, 0.25) is 0 Å². The molecule has 0 heterocycles. The van der Waals surface area contributed by atoms with Crippen molar-refractivity contribution in [3.63, 3.8) is 0 Å². The number of halogens is 2. The van der Waals surface area contributed by atoms with Crippen molar-refractivity contribution in [2.45, 2.75) is 38.6 Å². The predicted octanol–water partition coefficient (Wildman–Crippen LogP) is 3.62. The zero-order valence-electron chi connectivity index (χ0n) is 16.6. The molecule has 7 heteroatoms. The number of rotatable bonds is 10. The number of ether oxygens (including phenoxy) is 1. The Balaban J connectivity index is 1.63. The lowest BCUT2D eigenvalue weighted by atomic mass is 10.1. The van der Waals surface area contributed by atoms with Crippen molar-refractivity contribution in [2.75, 3.05) is 13.7 Å². The molecule has 5 nitrogen and oxygen atoms in total. The van der Waals surface area contributed by atoms with E-state index in [4.69, 9.17) is 4.74 Å². The molecule has 0 aliphatic heterocycles. The number of nitrogens with one attached hydrogen (secondary N) is 2. The minimum atomic E-state index is -0.866. The van der Waals surface area contributed by atoms with E-state index in [1.807, 2.05) is 6.92 Å². The van der Waals surface area contributed by atoms with E-state index in [9.17, 15) is 18.4 Å². The molecule has 2 amide bonds. The maximum absolute atomic E-state index is 13.2. The molecule has 156 valence electrons. The van der Waals surface area contributed by atoms with Gasteiger partial charge in [-0.25, -0.2) is 8.78 Å². The smallest absolute Gasteiger partial charge is 0.251 e. The van der Waals surface area contributed by atoms with E-state index in [2.05, 4.69) is 10.6 Å². The fourth-order valence-corrected chi connectivity index (χ4v) is 2.79. The lowest BCUT2D eigenvalue weighted by Crippen LogP contribution is -2.33. The molecule has 0 bridgehead atoms. The lowest BCUT2D eigenvalue weighted by molar-refractivity contribution is -0.121. The molecule has 0 fully saturated rings. The Bertz CT molecular complexity index is 825. The highest BCUT2D eigenvalue weighted by Gasteiger charge is 2.10. The second kappa shape index (κ2) is 11.1. The van der Waals surface area contributed by atoms with Crippen LogP contribution < -0.4 is 15.4 Å². The molecule has 1 unspecified atom stereocenters. The van der Waals surface area contributed by atoms with Gasteiger partial charge in [-0.15, -0.1) is 0 Å². The summed E-state index contributed by atoms with van der Waals surface area (Å²) in [4.78, 5) is 24.0. The van der Waals surface area contributed by atoms with E-state index in [0.29, 0.717) is 49.1 Å². The summed E-state index contributed by atoms with van der Waals surface area (Å²) in [5.74, 6) is -1.36. The van der Waals surface area contributed by atoms with E-state index < -0.39 is 11.6 Å². The topological polar surface area (TPSA) is 67.4 Å². The summed E-state index contributed by atoms with van der Waals surface area (Å²) >= 11 is 0. The number of hydrogen-bond donors (Lipinski definition) is 2. The van der Waals surface area contributed by atoms with Gasteiger partial charge in [-0.05, 0) is 68.1 Å². The third kappa shape index (κ3) is 7.52. The number of methoxy groups -OCH3 is 1. The van der Waals surface area contributed by atoms with Crippen LogP contribution in [0.4, 0.5) is 8.78 Å². The van der Waals surface area contributed by atoms with Gasteiger partial charge in [0.2, 0.25) is 5.91 Å². The molecule has 0 radical (unpaired) electrons. The van der Waals surface area contributed by atoms with Gasteiger partial charge in [-0.2, -0.15) is 0 Å². The summed E-state index contributed by atoms with van der Waals surface area (Å²) in [5.41, 5.74) is 1.22. The van der Waals surface area contributed by atoms with Crippen molar-refractivity contribution in [2.24, 2.45) is 0 Å². The number of amides is 2. The van der Waals surface area contributed by atoms with Crippen molar-refractivity contribution in [1.82, 2.24) is 10.6 Å². The number of aryl methyl sites for hydroxylation is 1. The van der Waals surface area contributed by atoms with Gasteiger partial charge >= 0.3 is 0 Å². The Morgan fingerprint density at radius 1 is 1.07 bits per heavy atom. The first-order valence-corrected chi connectivity index (χ1v) is 9.54. The molecule has 29 heavy (non-hydrogen) atoms. The highest BCUT2D eigenvalue weighted by Crippen LogP contribution is 2.12. The molecular formula is C22H26F2N2O3. The highest BCUT2D eigenvalue weighted by atomic mass is 19.2. The van der Waals surface area contributed by atoms with Gasteiger partial charge in [0.25, 0.3) is 5.91 Å². The maximum Gasteiger partial charge on any atom is 0.251 e. The van der Waals surface area contributed by atoms with E-state index in [1.54, 1.807) is 37.4 Å². The predicted molar refractivity (Wildman–Crippen MR) is 107 cm³/mol. The van der Waals surface area contributed by atoms with Gasteiger partial charge in [0.05, 0.1) is 7.11 Å². The van der Waals surface area contributed by atoms with Crippen LogP contribution in [0.15, 0.2) is 42.5 Å². The van der Waals surface area contributed by atoms with Crippen molar-refractivity contribution in [3.8, 4) is 5.75 Å². The molecule has 0 aromatic heterocycles. The van der Waals surface area contributed by atoms with E-state index in [1.165, 1.54) is 6.07 Å². The lowest BCUT2D eigenvalue weighted by Gasteiger charge is -2.14. The average molecular weight is 404 g/mol. The van der Waals surface area contributed by atoms with Gasteiger partial charge in [0, 0.05) is 24.6 Å². The molecule has 0 saturated carbocycles. The Morgan fingerprint density at radius 3 is 2.45 bits per heavy atom. The fraction of sp³-hybridized carbons (Fsp3) is 0.364. The van der Waals surface area contributed by atoms with Crippen LogP contribution in [0, 0.1) is 11.6 Å². The number of carbonyl (C=O) groups is 2. The Morgan fingerprint density at radius 2 is 1.79 bits per heavy atom. The van der Waals surface area contributed by atoms with Crippen LogP contribution >= 0.6 is 0 Å². The average Bonchev–Trinajstić information content (AvgIpc) is 2.72. The maximum atomic E-state index is 13.2. The summed E-state index contributed by atoms with van der Waals surface area (Å²) < 4.78 is 31.2. The first-order valence-electron chi connectivity index (χ1n) is 9.54. The summed E-state index contributed by atoms with van der Waals surface area (Å²) in [7, 11) is 1.56. The molecule has 0 aliphatic rings. The monoisotopic (exact) mass is 404 g/mol. The fourth-order valence-electron chi connectivity index (χ4n) is 2.79. The van der Waals surface area contributed by atoms with Crippen LogP contribution in [0.1, 0.15) is 42.1 Å². The van der Waals surface area contributed by atoms with Gasteiger partial charge in [0.15, 0.2) is 11.6 Å². The van der Waals surface area contributed by atoms with Gasteiger partial charge in [-0.1, -0.05) is 6.07 Å². The second-order valence-corrected chi connectivity index (χ2v) is 6.84. The third-order valence-corrected chi connectivity index (χ3v) is 4.48. The quantitative estimate of drug-likeness (QED) is 0.595. The molecule has 2 N–H and O–H groups in total. The number of hydrogen-bond acceptors (Lipinski definition) is 3. The first-order chi connectivity index (χ1) is 13.9. The molecule has 0 saturated heterocycles. The minimum Gasteiger partial charge on any atom is -0.497 e. The van der Waals surface area contributed by atoms with E-state index in [0.717, 1.165) is 6.07 Å².